The van der Waals surface area contributed by atoms with E-state index in [0.717, 1.165) is 30.8 Å². The molecule has 1 saturated heterocycles. The second-order valence-corrected chi connectivity index (χ2v) is 5.45. The summed E-state index contributed by atoms with van der Waals surface area (Å²) in [5.74, 6) is -0.0844. The molecule has 1 fully saturated rings. The second kappa shape index (κ2) is 6.90. The minimum atomic E-state index is -0.0844. The van der Waals surface area contributed by atoms with Gasteiger partial charge in [-0.15, -0.1) is 0 Å². The van der Waals surface area contributed by atoms with Crippen molar-refractivity contribution in [2.24, 2.45) is 0 Å². The molecule has 0 radical (unpaired) electrons. The van der Waals surface area contributed by atoms with E-state index in [4.69, 9.17) is 0 Å². The lowest BCUT2D eigenvalue weighted by Crippen LogP contribution is -2.38. The summed E-state index contributed by atoms with van der Waals surface area (Å²) in [6, 6.07) is 5.98. The highest BCUT2D eigenvalue weighted by atomic mass is 19.1. The largest absolute Gasteiger partial charge is 0.368 e. The van der Waals surface area contributed by atoms with Gasteiger partial charge in [0.1, 0.15) is 5.82 Å². The summed E-state index contributed by atoms with van der Waals surface area (Å²) in [5.41, 5.74) is 1.90. The van der Waals surface area contributed by atoms with Gasteiger partial charge in [0.2, 0.25) is 0 Å². The number of nitrogens with one attached hydrogen (secondary N) is 1. The summed E-state index contributed by atoms with van der Waals surface area (Å²) in [5, 5.41) is 3.32. The van der Waals surface area contributed by atoms with Crippen molar-refractivity contribution in [2.75, 3.05) is 18.0 Å². The van der Waals surface area contributed by atoms with Crippen molar-refractivity contribution in [3.05, 3.63) is 29.6 Å². The molecule has 1 aliphatic rings. The average molecular weight is 264 g/mol. The van der Waals surface area contributed by atoms with Crippen LogP contribution in [0.5, 0.6) is 0 Å². The highest BCUT2D eigenvalue weighted by Gasteiger charge is 2.21. The van der Waals surface area contributed by atoms with E-state index in [1.807, 2.05) is 6.07 Å². The van der Waals surface area contributed by atoms with Crippen LogP contribution in [0.4, 0.5) is 10.1 Å². The first-order valence-electron chi connectivity index (χ1n) is 7.48. The molecule has 3 heteroatoms. The van der Waals surface area contributed by atoms with Crippen LogP contribution in [-0.4, -0.2) is 19.1 Å². The molecule has 1 atom stereocenters. The van der Waals surface area contributed by atoms with Gasteiger partial charge < -0.3 is 10.2 Å². The van der Waals surface area contributed by atoms with Gasteiger partial charge in [-0.1, -0.05) is 13.0 Å². The smallest absolute Gasteiger partial charge is 0.129 e. The highest BCUT2D eigenvalue weighted by Crippen LogP contribution is 2.29. The lowest BCUT2D eigenvalue weighted by Gasteiger charge is -2.36. The number of halogens is 1. The maximum Gasteiger partial charge on any atom is 0.129 e. The van der Waals surface area contributed by atoms with Gasteiger partial charge in [0.05, 0.1) is 0 Å². The third kappa shape index (κ3) is 3.47. The van der Waals surface area contributed by atoms with Crippen molar-refractivity contribution in [2.45, 2.75) is 52.1 Å². The lowest BCUT2D eigenvalue weighted by molar-refractivity contribution is 0.480. The number of rotatable bonds is 5. The molecule has 19 heavy (non-hydrogen) atoms. The van der Waals surface area contributed by atoms with Crippen LogP contribution in [-0.2, 0) is 6.54 Å². The Hall–Kier alpha value is -1.09. The van der Waals surface area contributed by atoms with E-state index in [-0.39, 0.29) is 5.82 Å². The van der Waals surface area contributed by atoms with Crippen LogP contribution in [0.25, 0.3) is 0 Å². The number of hydrogen-bond acceptors (Lipinski definition) is 2. The first-order chi connectivity index (χ1) is 9.24. The van der Waals surface area contributed by atoms with E-state index < -0.39 is 0 Å². The fourth-order valence-electron chi connectivity index (χ4n) is 2.84. The number of nitrogens with zero attached hydrogens (tertiary/aromatic N) is 1. The van der Waals surface area contributed by atoms with Gasteiger partial charge in [0, 0.05) is 30.4 Å². The molecule has 1 aliphatic heterocycles. The molecule has 0 bridgehead atoms. The van der Waals surface area contributed by atoms with Gasteiger partial charge in [0.25, 0.3) is 0 Å². The van der Waals surface area contributed by atoms with Gasteiger partial charge in [-0.25, -0.2) is 4.39 Å². The zero-order valence-electron chi connectivity index (χ0n) is 12.1. The third-order valence-electron chi connectivity index (χ3n) is 3.94. The van der Waals surface area contributed by atoms with Crippen LogP contribution in [0.3, 0.4) is 0 Å². The highest BCUT2D eigenvalue weighted by molar-refractivity contribution is 5.55. The topological polar surface area (TPSA) is 15.3 Å². The summed E-state index contributed by atoms with van der Waals surface area (Å²) in [4.78, 5) is 2.37. The van der Waals surface area contributed by atoms with Crippen LogP contribution in [0.15, 0.2) is 18.2 Å². The summed E-state index contributed by atoms with van der Waals surface area (Å²) in [6.45, 7) is 6.98. The quantitative estimate of drug-likeness (QED) is 0.816. The number of piperidine rings is 1. The predicted molar refractivity (Wildman–Crippen MR) is 79.1 cm³/mol. The zero-order valence-corrected chi connectivity index (χ0v) is 12.1. The predicted octanol–water partition coefficient (Wildman–Crippen LogP) is 3.70. The van der Waals surface area contributed by atoms with E-state index in [0.29, 0.717) is 12.6 Å². The Morgan fingerprint density at radius 1 is 1.37 bits per heavy atom. The Kier molecular flexibility index (Phi) is 5.20. The molecule has 1 heterocycles. The maximum atomic E-state index is 14.1. The number of hydrogen-bond donors (Lipinski definition) is 1. The Labute approximate surface area is 116 Å². The minimum Gasteiger partial charge on any atom is -0.368 e. The molecule has 0 aliphatic carbocycles. The lowest BCUT2D eigenvalue weighted by atomic mass is 10.0. The molecule has 0 amide bonds. The molecular weight excluding hydrogens is 239 g/mol. The SMILES string of the molecule is CCCNCc1c(F)cccc1N1CCCCC1C. The summed E-state index contributed by atoms with van der Waals surface area (Å²) in [7, 11) is 0. The summed E-state index contributed by atoms with van der Waals surface area (Å²) in [6.07, 6.45) is 4.78. The number of anilines is 1. The van der Waals surface area contributed by atoms with E-state index >= 15 is 0 Å². The summed E-state index contributed by atoms with van der Waals surface area (Å²) >= 11 is 0. The van der Waals surface area contributed by atoms with Crippen LogP contribution in [0, 0.1) is 5.82 Å². The van der Waals surface area contributed by atoms with Crippen molar-refractivity contribution in [3.63, 3.8) is 0 Å². The first kappa shape index (κ1) is 14.3. The van der Waals surface area contributed by atoms with E-state index in [1.54, 1.807) is 6.07 Å². The minimum absolute atomic E-state index is 0.0844. The molecule has 2 rings (SSSR count). The Balaban J connectivity index is 2.20. The molecule has 1 N–H and O–H groups in total. The van der Waals surface area contributed by atoms with Gasteiger partial charge in [-0.05, 0) is 51.3 Å². The Morgan fingerprint density at radius 2 is 2.21 bits per heavy atom. The molecule has 2 nitrogen and oxygen atoms in total. The van der Waals surface area contributed by atoms with Crippen LogP contribution < -0.4 is 10.2 Å². The monoisotopic (exact) mass is 264 g/mol. The number of benzene rings is 1. The first-order valence-corrected chi connectivity index (χ1v) is 7.48. The normalized spacial score (nSPS) is 19.7. The van der Waals surface area contributed by atoms with Crippen molar-refractivity contribution in [3.8, 4) is 0 Å². The molecule has 1 aromatic carbocycles. The molecule has 0 saturated carbocycles. The molecule has 1 aromatic rings. The van der Waals surface area contributed by atoms with Crippen molar-refractivity contribution in [1.82, 2.24) is 5.32 Å². The van der Waals surface area contributed by atoms with Gasteiger partial charge in [0.15, 0.2) is 0 Å². The second-order valence-electron chi connectivity index (χ2n) is 5.45. The van der Waals surface area contributed by atoms with Crippen LogP contribution >= 0.6 is 0 Å². The van der Waals surface area contributed by atoms with Crippen LogP contribution in [0.2, 0.25) is 0 Å². The molecule has 1 unspecified atom stereocenters. The Morgan fingerprint density at radius 3 is 2.95 bits per heavy atom. The van der Waals surface area contributed by atoms with E-state index in [2.05, 4.69) is 30.1 Å². The maximum absolute atomic E-state index is 14.1. The van der Waals surface area contributed by atoms with E-state index in [1.165, 1.54) is 19.3 Å². The molecule has 0 aromatic heterocycles. The third-order valence-corrected chi connectivity index (χ3v) is 3.94. The van der Waals surface area contributed by atoms with Gasteiger partial charge in [-0.2, -0.15) is 0 Å². The van der Waals surface area contributed by atoms with Crippen LogP contribution in [0.1, 0.15) is 45.1 Å². The Bertz CT molecular complexity index is 406. The standard InChI is InChI=1S/C16H25FN2/c1-3-10-18-12-14-15(17)8-6-9-16(14)19-11-5-4-7-13(19)2/h6,8-9,13,18H,3-5,7,10-12H2,1-2H3. The van der Waals surface area contributed by atoms with Crippen molar-refractivity contribution < 1.29 is 4.39 Å². The molecular formula is C16H25FN2. The molecule has 0 spiro atoms. The fourth-order valence-corrected chi connectivity index (χ4v) is 2.84. The average Bonchev–Trinajstić information content (AvgIpc) is 2.41. The van der Waals surface area contributed by atoms with Gasteiger partial charge >= 0.3 is 0 Å². The van der Waals surface area contributed by atoms with Gasteiger partial charge in [-0.3, -0.25) is 0 Å². The van der Waals surface area contributed by atoms with Crippen molar-refractivity contribution in [1.29, 1.82) is 0 Å². The molecule has 106 valence electrons. The van der Waals surface area contributed by atoms with E-state index in [9.17, 15) is 4.39 Å². The fraction of sp³-hybridized carbons (Fsp3) is 0.625. The summed E-state index contributed by atoms with van der Waals surface area (Å²) < 4.78 is 14.1. The van der Waals surface area contributed by atoms with Crippen molar-refractivity contribution >= 4 is 5.69 Å². The zero-order chi connectivity index (χ0) is 13.7.